The number of nitrogens with two attached hydrogens (primary N) is 1. The minimum absolute atomic E-state index is 0. The van der Waals surface area contributed by atoms with Crippen LogP contribution in [-0.2, 0) is 28.4 Å². The third kappa shape index (κ3) is 48.6. The summed E-state index contributed by atoms with van der Waals surface area (Å²) in [4.78, 5) is 0. The predicted molar refractivity (Wildman–Crippen MR) is 230 cm³/mol. The molecule has 0 heterocycles. The first-order valence-electron chi connectivity index (χ1n) is 20.5. The molecular formula is C41H88BrF6N2O10+. The molecule has 0 aromatic rings. The largest absolute Gasteiger partial charge is 0.411 e. The van der Waals surface area contributed by atoms with Crippen molar-refractivity contribution in [3.8, 4) is 0 Å². The zero-order valence-electron chi connectivity index (χ0n) is 37.9. The summed E-state index contributed by atoms with van der Waals surface area (Å²) in [5.74, 6) is 0. The van der Waals surface area contributed by atoms with Crippen LogP contribution in [0.15, 0.2) is 0 Å². The van der Waals surface area contributed by atoms with E-state index in [0.29, 0.717) is 11.2 Å². The lowest BCUT2D eigenvalue weighted by Crippen LogP contribution is -2.45. The number of ether oxygens (including phenoxy) is 6. The second kappa shape index (κ2) is 37.9. The summed E-state index contributed by atoms with van der Waals surface area (Å²) >= 11 is 3.04. The molecule has 0 saturated heterocycles. The molecule has 60 heavy (non-hydrogen) atoms. The summed E-state index contributed by atoms with van der Waals surface area (Å²) in [6, 6.07) is 0. The number of quaternary nitrogens is 1. The average molecular weight is 963 g/mol. The van der Waals surface area contributed by atoms with Crippen molar-refractivity contribution < 1.29 is 79.7 Å². The lowest BCUT2D eigenvalue weighted by atomic mass is 9.94. The van der Waals surface area contributed by atoms with E-state index in [2.05, 4.69) is 53.3 Å². The molecule has 0 aromatic carbocycles. The maximum Gasteiger partial charge on any atom is 0.411 e. The highest BCUT2D eigenvalue weighted by molar-refractivity contribution is 9.09. The van der Waals surface area contributed by atoms with Gasteiger partial charge in [0.1, 0.15) is 29.9 Å². The SMILES string of the molecule is C.CC.CC(O)(COCBr)COCC(C)(CO)COCC(F)(F)F.CCCCCCN.CCCCCC[N+](C)(C)COCC(C)(O)COCC(C)(CO)COCC(F)(F)F. The second-order valence-electron chi connectivity index (χ2n) is 16.6. The van der Waals surface area contributed by atoms with Gasteiger partial charge in [0, 0.05) is 10.8 Å². The topological polar surface area (TPSA) is 162 Å². The Morgan fingerprint density at radius 3 is 1.18 bits per heavy atom. The molecule has 0 aliphatic carbocycles. The van der Waals surface area contributed by atoms with Gasteiger partial charge in [-0.05, 0) is 39.7 Å². The number of hydrogen-bond donors (Lipinski definition) is 5. The number of hydrogen-bond acceptors (Lipinski definition) is 11. The summed E-state index contributed by atoms with van der Waals surface area (Å²) in [6.45, 7) is 12.6. The molecular weight excluding hydrogens is 874 g/mol. The Balaban J connectivity index is -0.000000284. The fraction of sp³-hybridized carbons (Fsp3) is 1.00. The standard InChI is InChI=1S/C20H41F3NO5.C12H22BrF3O5.C6H15N.C2H6.CH4/c1-6-7-8-9-10-24(4,5)17-29-15-19(3,26)14-27-12-18(2,11-25)13-28-16-20(21,22)23;1-10(3-17,5-20-8-12(14,15)16)4-19-6-11(2,18)7-21-9-13;1-2-3-4-5-6-7;1-2;/h25-26H,6-17H2,1-5H3;17-18H,3-9H2,1-2H3;2-7H2,1H3;1-2H3;1H4/q+1;;;;. The molecule has 0 aliphatic rings. The van der Waals surface area contributed by atoms with Crippen LogP contribution in [0.5, 0.6) is 0 Å². The first-order chi connectivity index (χ1) is 27.2. The average Bonchev–Trinajstić information content (AvgIpc) is 3.13. The van der Waals surface area contributed by atoms with Crippen LogP contribution < -0.4 is 5.73 Å². The highest BCUT2D eigenvalue weighted by Gasteiger charge is 2.33. The maximum absolute atomic E-state index is 12.2. The number of rotatable bonds is 32. The second-order valence-corrected chi connectivity index (χ2v) is 17.1. The van der Waals surface area contributed by atoms with Crippen molar-refractivity contribution in [3.05, 3.63) is 0 Å². The molecule has 6 N–H and O–H groups in total. The monoisotopic (exact) mass is 962 g/mol. The highest BCUT2D eigenvalue weighted by atomic mass is 79.9. The number of unbranched alkanes of at least 4 members (excludes halogenated alkanes) is 6. The third-order valence-corrected chi connectivity index (χ3v) is 8.27. The van der Waals surface area contributed by atoms with E-state index in [4.69, 9.17) is 24.7 Å². The minimum Gasteiger partial charge on any atom is -0.396 e. The van der Waals surface area contributed by atoms with Gasteiger partial charge in [0.25, 0.3) is 0 Å². The van der Waals surface area contributed by atoms with Crippen LogP contribution in [-0.4, -0.2) is 167 Å². The number of alkyl halides is 7. The van der Waals surface area contributed by atoms with Gasteiger partial charge in [0.2, 0.25) is 0 Å². The van der Waals surface area contributed by atoms with E-state index < -0.39 is 60.8 Å². The Hall–Kier alpha value is -0.420. The Morgan fingerprint density at radius 2 is 0.867 bits per heavy atom. The fourth-order valence-electron chi connectivity index (χ4n) is 4.58. The molecule has 0 bridgehead atoms. The molecule has 0 fully saturated rings. The van der Waals surface area contributed by atoms with Gasteiger partial charge in [0.15, 0.2) is 6.73 Å². The van der Waals surface area contributed by atoms with Crippen molar-refractivity contribution in [2.24, 2.45) is 16.6 Å². The van der Waals surface area contributed by atoms with Crippen molar-refractivity contribution in [2.75, 3.05) is 119 Å². The van der Waals surface area contributed by atoms with E-state index in [-0.39, 0.29) is 65.8 Å². The van der Waals surface area contributed by atoms with Gasteiger partial charge in [-0.1, -0.05) is 97.0 Å². The zero-order valence-corrected chi connectivity index (χ0v) is 39.5. The highest BCUT2D eigenvalue weighted by Crippen LogP contribution is 2.22. The van der Waals surface area contributed by atoms with E-state index >= 15 is 0 Å². The number of aliphatic hydroxyl groups excluding tert-OH is 2. The van der Waals surface area contributed by atoms with Crippen LogP contribution in [0.25, 0.3) is 0 Å². The maximum atomic E-state index is 12.2. The molecule has 4 unspecified atom stereocenters. The smallest absolute Gasteiger partial charge is 0.396 e. The van der Waals surface area contributed by atoms with Crippen LogP contribution in [0, 0.1) is 10.8 Å². The van der Waals surface area contributed by atoms with Crippen molar-refractivity contribution in [1.82, 2.24) is 0 Å². The third-order valence-electron chi connectivity index (χ3n) is 7.94. The summed E-state index contributed by atoms with van der Waals surface area (Å²) in [5, 5.41) is 39.0. The Kier molecular flexibility index (Phi) is 43.4. The minimum atomic E-state index is -4.42. The van der Waals surface area contributed by atoms with Crippen LogP contribution in [0.4, 0.5) is 26.3 Å². The molecule has 0 aliphatic heterocycles. The van der Waals surface area contributed by atoms with Crippen molar-refractivity contribution in [2.45, 2.75) is 138 Å². The van der Waals surface area contributed by atoms with Crippen molar-refractivity contribution in [1.29, 1.82) is 0 Å². The molecule has 0 amide bonds. The number of halogens is 7. The van der Waals surface area contributed by atoms with Crippen molar-refractivity contribution in [3.63, 3.8) is 0 Å². The van der Waals surface area contributed by atoms with E-state index in [1.165, 1.54) is 58.8 Å². The van der Waals surface area contributed by atoms with Gasteiger partial charge in [-0.2, -0.15) is 26.3 Å². The molecule has 19 heteroatoms. The first kappa shape index (κ1) is 68.6. The summed E-state index contributed by atoms with van der Waals surface area (Å²) in [5.41, 5.74) is 1.10. The number of aliphatic hydroxyl groups is 4. The summed E-state index contributed by atoms with van der Waals surface area (Å²) < 4.78 is 104. The quantitative estimate of drug-likeness (QED) is 0.0147. The van der Waals surface area contributed by atoms with E-state index in [0.717, 1.165) is 19.5 Å². The van der Waals surface area contributed by atoms with Gasteiger partial charge < -0.3 is 59.1 Å². The van der Waals surface area contributed by atoms with Crippen molar-refractivity contribution >= 4 is 15.9 Å². The molecule has 0 aromatic heterocycles. The first-order valence-corrected chi connectivity index (χ1v) is 21.7. The predicted octanol–water partition coefficient (Wildman–Crippen LogP) is 7.85. The van der Waals surface area contributed by atoms with Gasteiger partial charge in [-0.15, -0.1) is 0 Å². The molecule has 12 nitrogen and oxygen atoms in total. The lowest BCUT2D eigenvalue weighted by molar-refractivity contribution is -0.910. The fourth-order valence-corrected chi connectivity index (χ4v) is 4.75. The number of nitrogens with zero attached hydrogens (tertiary/aromatic N) is 1. The van der Waals surface area contributed by atoms with Crippen LogP contribution >= 0.6 is 15.9 Å². The normalized spacial score (nSPS) is 15.9. The van der Waals surface area contributed by atoms with E-state index in [1.54, 1.807) is 13.8 Å². The summed E-state index contributed by atoms with van der Waals surface area (Å²) in [7, 11) is 4.15. The van der Waals surface area contributed by atoms with Gasteiger partial charge in [-0.25, -0.2) is 0 Å². The zero-order chi connectivity index (χ0) is 46.7. The van der Waals surface area contributed by atoms with Gasteiger partial charge in [0.05, 0.1) is 86.7 Å². The van der Waals surface area contributed by atoms with Crippen LogP contribution in [0.2, 0.25) is 0 Å². The Bertz CT molecular complexity index is 937. The van der Waals surface area contributed by atoms with Crippen LogP contribution in [0.3, 0.4) is 0 Å². The van der Waals surface area contributed by atoms with E-state index in [1.807, 2.05) is 13.8 Å². The van der Waals surface area contributed by atoms with Crippen LogP contribution in [0.1, 0.15) is 114 Å². The molecule has 0 radical (unpaired) electrons. The van der Waals surface area contributed by atoms with Gasteiger partial charge in [-0.3, -0.25) is 0 Å². The molecule has 370 valence electrons. The molecule has 0 saturated carbocycles. The Morgan fingerprint density at radius 1 is 0.533 bits per heavy atom. The Labute approximate surface area is 367 Å². The molecule has 0 spiro atoms. The summed E-state index contributed by atoms with van der Waals surface area (Å²) in [6.07, 6.45) is 1.07. The molecule has 0 rings (SSSR count). The van der Waals surface area contributed by atoms with E-state index in [9.17, 15) is 46.8 Å². The molecule has 4 atom stereocenters. The van der Waals surface area contributed by atoms with Gasteiger partial charge >= 0.3 is 12.4 Å². The lowest BCUT2D eigenvalue weighted by Gasteiger charge is -2.32.